The van der Waals surface area contributed by atoms with Crippen molar-refractivity contribution in [2.75, 3.05) is 19.8 Å². The van der Waals surface area contributed by atoms with Crippen LogP contribution in [0.1, 0.15) is 115 Å². The van der Waals surface area contributed by atoms with Crippen molar-refractivity contribution < 1.29 is 71.4 Å². The Morgan fingerprint density at radius 2 is 1.15 bits per heavy atom. The van der Waals surface area contributed by atoms with Crippen LogP contribution in [0, 0.1) is 0 Å². The van der Waals surface area contributed by atoms with Crippen LogP contribution in [0.2, 0.25) is 0 Å². The van der Waals surface area contributed by atoms with Gasteiger partial charge in [0.25, 0.3) is 0 Å². The molecule has 16 heteroatoms. The summed E-state index contributed by atoms with van der Waals surface area (Å²) in [6, 6.07) is 23.7. The molecule has 358 valence electrons. The average Bonchev–Trinajstić information content (AvgIpc) is 3.61. The second-order valence-electron chi connectivity index (χ2n) is 16.4. The van der Waals surface area contributed by atoms with Crippen molar-refractivity contribution in [3.63, 3.8) is 0 Å². The summed E-state index contributed by atoms with van der Waals surface area (Å²) in [5.41, 5.74) is 4.83. The van der Waals surface area contributed by atoms with E-state index in [1.807, 2.05) is 54.6 Å². The summed E-state index contributed by atoms with van der Waals surface area (Å²) in [6.45, 7) is 5.67. The Balaban J connectivity index is 1.45. The van der Waals surface area contributed by atoms with Gasteiger partial charge in [0.05, 0.1) is 12.1 Å². The molecule has 1 N–H and O–H groups in total. The van der Waals surface area contributed by atoms with Crippen molar-refractivity contribution in [3.05, 3.63) is 95.6 Å². The van der Waals surface area contributed by atoms with E-state index in [2.05, 4.69) is 12.2 Å². The molecule has 0 bridgehead atoms. The predicted octanol–water partition coefficient (Wildman–Crippen LogP) is 8.25. The van der Waals surface area contributed by atoms with Gasteiger partial charge in [-0.2, -0.15) is 0 Å². The van der Waals surface area contributed by atoms with Gasteiger partial charge in [-0.25, -0.2) is 9.59 Å². The molecule has 1 aliphatic heterocycles. The Kier molecular flexibility index (Phi) is 20.3. The minimum Gasteiger partial charge on any atom is -0.463 e. The molecular formula is C50H63NO15. The van der Waals surface area contributed by atoms with E-state index in [-0.39, 0.29) is 25.6 Å². The Morgan fingerprint density at radius 3 is 1.76 bits per heavy atom. The van der Waals surface area contributed by atoms with Crippen LogP contribution in [-0.2, 0) is 68.4 Å². The predicted molar refractivity (Wildman–Crippen MR) is 239 cm³/mol. The highest BCUT2D eigenvalue weighted by Gasteiger charge is 2.53. The highest BCUT2D eigenvalue weighted by Crippen LogP contribution is 2.44. The fourth-order valence-corrected chi connectivity index (χ4v) is 8.26. The molecule has 1 heterocycles. The molecule has 3 aromatic carbocycles. The van der Waals surface area contributed by atoms with Crippen LogP contribution >= 0.6 is 0 Å². The van der Waals surface area contributed by atoms with E-state index in [9.17, 15) is 28.8 Å². The molecule has 0 radical (unpaired) electrons. The quantitative estimate of drug-likeness (QED) is 0.0512. The van der Waals surface area contributed by atoms with Gasteiger partial charge >= 0.3 is 36.1 Å². The molecule has 0 aromatic heterocycles. The lowest BCUT2D eigenvalue weighted by atomic mass is 9.97. The number of carbonyl (C=O) groups is 6. The number of fused-ring (bicyclic) bond motifs is 3. The number of hydrogen-bond acceptors (Lipinski definition) is 15. The number of ether oxygens (including phenoxy) is 9. The third-order valence-electron chi connectivity index (χ3n) is 11.3. The lowest BCUT2D eigenvalue weighted by Gasteiger charge is -2.45. The molecule has 3 aromatic rings. The summed E-state index contributed by atoms with van der Waals surface area (Å²) in [6.07, 6.45) is -2.22. The maximum Gasteiger partial charge on any atom is 0.508 e. The van der Waals surface area contributed by atoms with Crippen molar-refractivity contribution in [2.24, 2.45) is 0 Å². The number of carbonyl (C=O) groups excluding carboxylic acids is 6. The minimum atomic E-state index is -1.58. The van der Waals surface area contributed by atoms with Crippen LogP contribution in [0.25, 0.3) is 11.1 Å². The molecule has 7 atom stereocenters. The van der Waals surface area contributed by atoms with Gasteiger partial charge < -0.3 is 47.9 Å². The molecule has 0 unspecified atom stereocenters. The minimum absolute atomic E-state index is 0.0181. The number of esters is 4. The SMILES string of the molecule is CCCCCCCCCC[C@@H](O[C@@H]1O[C@H](COC(C)=O)[C@@H](OC(C)=O)[C@H](OC(C)=O)[C@H]1OC(C)=O)[C@@H](COC(=O)OCc1ccccc1)NC(=O)OCC1c2ccccc2-c2ccccc21. The third kappa shape index (κ3) is 15.6. The third-order valence-corrected chi connectivity index (χ3v) is 11.3. The normalized spacial score (nSPS) is 19.5. The number of rotatable bonds is 24. The standard InChI is InChI=1S/C50H63NO15/c1-6-7-8-9-10-11-12-16-27-43(65-48-47(64-35(5)55)46(63-34(4)54)45(62-33(3)53)44(66-48)31-58-32(2)52)42(30-61-50(57)60-28-36-21-14-13-15-22-36)51-49(56)59-29-41-39-25-19-17-23-37(39)38-24-18-20-26-40(38)41/h13-15,17-26,41-48H,6-12,16,27-31H2,1-5H3,(H,51,56)/t42-,43-,44-,45-,46+,47-,48-/m1/s1. The van der Waals surface area contributed by atoms with Gasteiger partial charge in [0.1, 0.15) is 32.5 Å². The van der Waals surface area contributed by atoms with E-state index in [4.69, 9.17) is 42.6 Å². The van der Waals surface area contributed by atoms with Gasteiger partial charge in [-0.3, -0.25) is 19.2 Å². The molecule has 0 spiro atoms. The van der Waals surface area contributed by atoms with E-state index in [0.29, 0.717) is 6.42 Å². The molecule has 66 heavy (non-hydrogen) atoms. The summed E-state index contributed by atoms with van der Waals surface area (Å²) >= 11 is 0. The van der Waals surface area contributed by atoms with Crippen molar-refractivity contribution in [3.8, 4) is 11.1 Å². The molecule has 1 aliphatic carbocycles. The molecule has 1 fully saturated rings. The summed E-state index contributed by atoms with van der Waals surface area (Å²) in [5.74, 6) is -3.35. The van der Waals surface area contributed by atoms with Gasteiger partial charge in [0.15, 0.2) is 24.6 Å². The van der Waals surface area contributed by atoms with Crippen LogP contribution < -0.4 is 5.32 Å². The number of hydrogen-bond donors (Lipinski definition) is 1. The highest BCUT2D eigenvalue weighted by atomic mass is 16.7. The Bertz CT molecular complexity index is 2010. The van der Waals surface area contributed by atoms with Gasteiger partial charge in [-0.05, 0) is 34.2 Å². The van der Waals surface area contributed by atoms with Gasteiger partial charge in [0.2, 0.25) is 0 Å². The van der Waals surface area contributed by atoms with Crippen LogP contribution in [0.5, 0.6) is 0 Å². The fraction of sp³-hybridized carbons (Fsp3) is 0.520. The van der Waals surface area contributed by atoms with Gasteiger partial charge in [0, 0.05) is 33.6 Å². The van der Waals surface area contributed by atoms with Crippen LogP contribution in [0.3, 0.4) is 0 Å². The first-order valence-corrected chi connectivity index (χ1v) is 22.7. The summed E-state index contributed by atoms with van der Waals surface area (Å²) < 4.78 is 52.2. The maximum atomic E-state index is 14.0. The molecule has 0 saturated carbocycles. The fourth-order valence-electron chi connectivity index (χ4n) is 8.26. The van der Waals surface area contributed by atoms with Gasteiger partial charge in [-0.1, -0.05) is 137 Å². The summed E-state index contributed by atoms with van der Waals surface area (Å²) in [5, 5.41) is 2.86. The second kappa shape index (κ2) is 26.2. The lowest BCUT2D eigenvalue weighted by molar-refractivity contribution is -0.319. The second-order valence-corrected chi connectivity index (χ2v) is 16.4. The number of amides is 1. The van der Waals surface area contributed by atoms with Crippen LogP contribution in [-0.4, -0.2) is 98.8 Å². The van der Waals surface area contributed by atoms with E-state index < -0.39 is 92.2 Å². The van der Waals surface area contributed by atoms with E-state index >= 15 is 0 Å². The topological polar surface area (TPSA) is 198 Å². The Morgan fingerprint density at radius 1 is 0.591 bits per heavy atom. The highest BCUT2D eigenvalue weighted by molar-refractivity contribution is 5.79. The van der Waals surface area contributed by atoms with Crippen molar-refractivity contribution in [1.82, 2.24) is 5.32 Å². The zero-order chi connectivity index (χ0) is 47.4. The Hall–Kier alpha value is -6.00. The largest absolute Gasteiger partial charge is 0.508 e. The average molecular weight is 918 g/mol. The number of alkyl carbamates (subject to hydrolysis) is 1. The van der Waals surface area contributed by atoms with E-state index in [1.54, 1.807) is 24.3 Å². The van der Waals surface area contributed by atoms with Crippen molar-refractivity contribution in [2.45, 2.75) is 148 Å². The van der Waals surface area contributed by atoms with Crippen LogP contribution in [0.4, 0.5) is 9.59 Å². The number of nitrogens with one attached hydrogen (secondary N) is 1. The molecule has 1 amide bonds. The Labute approximate surface area is 386 Å². The van der Waals surface area contributed by atoms with Gasteiger partial charge in [-0.15, -0.1) is 0 Å². The number of unbranched alkanes of at least 4 members (excludes halogenated alkanes) is 7. The molecule has 16 nitrogen and oxygen atoms in total. The smallest absolute Gasteiger partial charge is 0.463 e. The number of benzene rings is 3. The van der Waals surface area contributed by atoms with Crippen molar-refractivity contribution >= 4 is 36.1 Å². The van der Waals surface area contributed by atoms with E-state index in [0.717, 1.165) is 93.5 Å². The maximum absolute atomic E-state index is 14.0. The molecule has 5 rings (SSSR count). The first-order chi connectivity index (χ1) is 31.8. The zero-order valence-electron chi connectivity index (χ0n) is 38.4. The summed E-state index contributed by atoms with van der Waals surface area (Å²) in [4.78, 5) is 76.8. The zero-order valence-corrected chi connectivity index (χ0v) is 38.4. The molecule has 1 saturated heterocycles. The van der Waals surface area contributed by atoms with E-state index in [1.165, 1.54) is 6.92 Å². The lowest BCUT2D eigenvalue weighted by Crippen LogP contribution is -2.64. The first kappa shape index (κ1) is 51.0. The summed E-state index contributed by atoms with van der Waals surface area (Å²) in [7, 11) is 0. The first-order valence-electron chi connectivity index (χ1n) is 22.7. The molecular weight excluding hydrogens is 855 g/mol. The monoisotopic (exact) mass is 917 g/mol. The molecule has 2 aliphatic rings. The van der Waals surface area contributed by atoms with Crippen molar-refractivity contribution in [1.29, 1.82) is 0 Å². The van der Waals surface area contributed by atoms with Crippen LogP contribution in [0.15, 0.2) is 78.9 Å².